The van der Waals surface area contributed by atoms with Gasteiger partial charge in [0, 0.05) is 13.1 Å². The summed E-state index contributed by atoms with van der Waals surface area (Å²) >= 11 is 0. The van der Waals surface area contributed by atoms with Gasteiger partial charge in [-0.3, -0.25) is 4.79 Å². The number of morpholine rings is 1. The Morgan fingerprint density at radius 3 is 2.95 bits per heavy atom. The van der Waals surface area contributed by atoms with Gasteiger partial charge in [-0.1, -0.05) is 12.1 Å². The average Bonchev–Trinajstić information content (AvgIpc) is 2.45. The van der Waals surface area contributed by atoms with Crippen molar-refractivity contribution in [2.24, 2.45) is 5.14 Å². The highest BCUT2D eigenvalue weighted by Gasteiger charge is 2.20. The van der Waals surface area contributed by atoms with Gasteiger partial charge in [0.15, 0.2) is 0 Å². The molecule has 1 atom stereocenters. The molecule has 2 rings (SSSR count). The third-order valence-corrected chi connectivity index (χ3v) is 3.84. The summed E-state index contributed by atoms with van der Waals surface area (Å²) in [5.74, 6) is -0.175. The average molecular weight is 299 g/mol. The first kappa shape index (κ1) is 14.9. The fraction of sp³-hybridized carbons (Fsp3) is 0.417. The number of hydrogen-bond acceptors (Lipinski definition) is 5. The molecule has 8 heteroatoms. The molecule has 1 aromatic carbocycles. The van der Waals surface area contributed by atoms with Crippen molar-refractivity contribution in [1.29, 1.82) is 0 Å². The molecule has 0 saturated carbocycles. The maximum absolute atomic E-state index is 11.9. The number of sulfonamides is 1. The van der Waals surface area contributed by atoms with Crippen LogP contribution in [0, 0.1) is 0 Å². The summed E-state index contributed by atoms with van der Waals surface area (Å²) in [6.45, 7) is 1.81. The molecule has 1 heterocycles. The molecule has 1 aliphatic rings. The first-order valence-electron chi connectivity index (χ1n) is 6.17. The third kappa shape index (κ3) is 4.01. The lowest BCUT2D eigenvalue weighted by atomic mass is 10.2. The Morgan fingerprint density at radius 2 is 2.30 bits per heavy atom. The van der Waals surface area contributed by atoms with Crippen molar-refractivity contribution >= 4 is 15.9 Å². The first-order valence-corrected chi connectivity index (χ1v) is 7.72. The van der Waals surface area contributed by atoms with Crippen molar-refractivity contribution in [2.75, 3.05) is 19.8 Å². The highest BCUT2D eigenvalue weighted by atomic mass is 32.2. The number of carbonyl (C=O) groups excluding carboxylic acids is 1. The number of rotatable bonds is 4. The second-order valence-corrected chi connectivity index (χ2v) is 6.05. The maximum Gasteiger partial charge on any atom is 0.239 e. The predicted octanol–water partition coefficient (Wildman–Crippen LogP) is -1.06. The summed E-state index contributed by atoms with van der Waals surface area (Å²) < 4.78 is 27.7. The molecule has 0 radical (unpaired) electrons. The molecule has 1 amide bonds. The normalized spacial score (nSPS) is 19.6. The number of ether oxygens (including phenoxy) is 1. The molecular formula is C12H17N3O4S. The molecule has 20 heavy (non-hydrogen) atoms. The second-order valence-electron chi connectivity index (χ2n) is 4.49. The number of primary sulfonamides is 1. The Bertz CT molecular complexity index is 582. The molecule has 1 saturated heterocycles. The van der Waals surface area contributed by atoms with Crippen molar-refractivity contribution in [1.82, 2.24) is 10.6 Å². The molecule has 0 aromatic heterocycles. The van der Waals surface area contributed by atoms with Gasteiger partial charge in [-0.2, -0.15) is 0 Å². The summed E-state index contributed by atoms with van der Waals surface area (Å²) in [6, 6.07) is 5.80. The van der Waals surface area contributed by atoms with E-state index in [0.29, 0.717) is 25.3 Å². The summed E-state index contributed by atoms with van der Waals surface area (Å²) in [7, 11) is -3.73. The number of carbonyl (C=O) groups is 1. The number of hydrogen-bond donors (Lipinski definition) is 3. The molecule has 4 N–H and O–H groups in total. The van der Waals surface area contributed by atoms with E-state index in [2.05, 4.69) is 10.6 Å². The molecular weight excluding hydrogens is 282 g/mol. The summed E-state index contributed by atoms with van der Waals surface area (Å²) in [5.41, 5.74) is 0.668. The molecule has 1 fully saturated rings. The van der Waals surface area contributed by atoms with E-state index in [0.717, 1.165) is 0 Å². The van der Waals surface area contributed by atoms with Gasteiger partial charge in [0.25, 0.3) is 0 Å². The highest BCUT2D eigenvalue weighted by Crippen LogP contribution is 2.09. The fourth-order valence-corrected chi connectivity index (χ4v) is 2.46. The molecule has 0 spiro atoms. The smallest absolute Gasteiger partial charge is 0.239 e. The highest BCUT2D eigenvalue weighted by molar-refractivity contribution is 7.89. The molecule has 110 valence electrons. The lowest BCUT2D eigenvalue weighted by Gasteiger charge is -2.22. The van der Waals surface area contributed by atoms with Gasteiger partial charge >= 0.3 is 0 Å². The van der Waals surface area contributed by atoms with Crippen LogP contribution in [0.15, 0.2) is 29.2 Å². The van der Waals surface area contributed by atoms with Gasteiger partial charge in [-0.15, -0.1) is 0 Å². The Hall–Kier alpha value is -1.48. The number of benzene rings is 1. The minimum absolute atomic E-state index is 0.0309. The zero-order valence-electron chi connectivity index (χ0n) is 10.8. The summed E-state index contributed by atoms with van der Waals surface area (Å²) in [5, 5.41) is 10.8. The standard InChI is InChI=1S/C12H17N3O4S/c13-20(17,18)10-3-1-2-9(6-10)7-15-12(16)11-8-19-5-4-14-11/h1-3,6,11,14H,4-5,7-8H2,(H,15,16)(H2,13,17,18). The van der Waals surface area contributed by atoms with Gasteiger partial charge in [0.1, 0.15) is 6.04 Å². The monoisotopic (exact) mass is 299 g/mol. The van der Waals surface area contributed by atoms with E-state index in [1.165, 1.54) is 12.1 Å². The van der Waals surface area contributed by atoms with Crippen LogP contribution in [0.4, 0.5) is 0 Å². The Kier molecular flexibility index (Phi) is 4.71. The van der Waals surface area contributed by atoms with Crippen molar-refractivity contribution in [3.63, 3.8) is 0 Å². The number of amides is 1. The van der Waals surface area contributed by atoms with Crippen LogP contribution in [0.2, 0.25) is 0 Å². The largest absolute Gasteiger partial charge is 0.378 e. The van der Waals surface area contributed by atoms with Crippen LogP contribution in [0.1, 0.15) is 5.56 Å². The molecule has 1 aromatic rings. The zero-order chi connectivity index (χ0) is 14.6. The van der Waals surface area contributed by atoms with E-state index in [1.54, 1.807) is 12.1 Å². The molecule has 7 nitrogen and oxygen atoms in total. The fourth-order valence-electron chi connectivity index (χ4n) is 1.88. The number of nitrogens with one attached hydrogen (secondary N) is 2. The van der Waals surface area contributed by atoms with Crippen LogP contribution in [0.25, 0.3) is 0 Å². The van der Waals surface area contributed by atoms with Gasteiger partial charge < -0.3 is 15.4 Å². The van der Waals surface area contributed by atoms with Crippen molar-refractivity contribution in [3.8, 4) is 0 Å². The van der Waals surface area contributed by atoms with Crippen molar-refractivity contribution in [3.05, 3.63) is 29.8 Å². The number of nitrogens with two attached hydrogens (primary N) is 1. The molecule has 1 aliphatic heterocycles. The minimum Gasteiger partial charge on any atom is -0.378 e. The molecule has 0 bridgehead atoms. The Balaban J connectivity index is 1.95. The van der Waals surface area contributed by atoms with E-state index < -0.39 is 10.0 Å². The van der Waals surface area contributed by atoms with Crippen LogP contribution in [0.3, 0.4) is 0 Å². The Morgan fingerprint density at radius 1 is 1.50 bits per heavy atom. The van der Waals surface area contributed by atoms with Crippen molar-refractivity contribution in [2.45, 2.75) is 17.5 Å². The zero-order valence-corrected chi connectivity index (χ0v) is 11.7. The van der Waals surface area contributed by atoms with Crippen LogP contribution in [-0.4, -0.2) is 40.1 Å². The Labute approximate surface area is 117 Å². The van der Waals surface area contributed by atoms with Gasteiger partial charge in [-0.25, -0.2) is 13.6 Å². The van der Waals surface area contributed by atoms with Crippen LogP contribution in [0.5, 0.6) is 0 Å². The van der Waals surface area contributed by atoms with E-state index in [4.69, 9.17) is 9.88 Å². The topological polar surface area (TPSA) is 111 Å². The summed E-state index contributed by atoms with van der Waals surface area (Å²) in [6.07, 6.45) is 0. The van der Waals surface area contributed by atoms with E-state index in [1.807, 2.05) is 0 Å². The van der Waals surface area contributed by atoms with E-state index in [-0.39, 0.29) is 23.4 Å². The third-order valence-electron chi connectivity index (χ3n) is 2.93. The van der Waals surface area contributed by atoms with Crippen LogP contribution in [-0.2, 0) is 26.1 Å². The maximum atomic E-state index is 11.9. The van der Waals surface area contributed by atoms with Crippen molar-refractivity contribution < 1.29 is 17.9 Å². The van der Waals surface area contributed by atoms with Gasteiger partial charge in [0.2, 0.25) is 15.9 Å². The second kappa shape index (κ2) is 6.31. The van der Waals surface area contributed by atoms with Gasteiger partial charge in [-0.05, 0) is 17.7 Å². The first-order chi connectivity index (χ1) is 9.47. The predicted molar refractivity (Wildman–Crippen MR) is 72.3 cm³/mol. The molecule has 0 aliphatic carbocycles. The SMILES string of the molecule is NS(=O)(=O)c1cccc(CNC(=O)C2COCCN2)c1. The summed E-state index contributed by atoms with van der Waals surface area (Å²) in [4.78, 5) is 11.9. The molecule has 1 unspecified atom stereocenters. The minimum atomic E-state index is -3.73. The van der Waals surface area contributed by atoms with E-state index >= 15 is 0 Å². The van der Waals surface area contributed by atoms with Crippen LogP contribution < -0.4 is 15.8 Å². The lowest BCUT2D eigenvalue weighted by Crippen LogP contribution is -2.51. The van der Waals surface area contributed by atoms with E-state index in [9.17, 15) is 13.2 Å². The quantitative estimate of drug-likeness (QED) is 0.656. The lowest BCUT2D eigenvalue weighted by molar-refractivity contribution is -0.126. The van der Waals surface area contributed by atoms with Crippen LogP contribution >= 0.6 is 0 Å². The van der Waals surface area contributed by atoms with Gasteiger partial charge in [0.05, 0.1) is 18.1 Å².